The maximum atomic E-state index is 12.9. The first-order valence-electron chi connectivity index (χ1n) is 9.74. The lowest BCUT2D eigenvalue weighted by Crippen LogP contribution is -2.60. The number of methoxy groups -OCH3 is 1. The average Bonchev–Trinajstić information content (AvgIpc) is 2.80. The van der Waals surface area contributed by atoms with Crippen molar-refractivity contribution in [2.45, 2.75) is 30.7 Å². The minimum atomic E-state index is -1.56. The van der Waals surface area contributed by atoms with Crippen molar-refractivity contribution in [1.29, 1.82) is 0 Å². The molecule has 10 nitrogen and oxygen atoms in total. The molecule has 0 amide bonds. The smallest absolute Gasteiger partial charge is 0.229 e. The molecule has 1 aliphatic rings. The van der Waals surface area contributed by atoms with E-state index in [1.165, 1.54) is 37.6 Å². The molecule has 32 heavy (non-hydrogen) atoms. The number of hydrogen-bond donors (Lipinski definition) is 5. The van der Waals surface area contributed by atoms with Crippen LogP contribution in [0.2, 0.25) is 0 Å². The van der Waals surface area contributed by atoms with Crippen LogP contribution in [0.15, 0.2) is 51.9 Å². The van der Waals surface area contributed by atoms with Crippen LogP contribution >= 0.6 is 0 Å². The SMILES string of the molecule is COc1cc(O)c2c(=O)c(-c3ccc(O[C@H]4O[C@@H](CO)[C@H](O)[C@H](O)[C@@H]4O)cc3)coc2c1. The van der Waals surface area contributed by atoms with Gasteiger partial charge < -0.3 is 44.2 Å². The fourth-order valence-electron chi connectivity index (χ4n) is 3.54. The molecule has 1 aliphatic heterocycles. The lowest BCUT2D eigenvalue weighted by atomic mass is 9.99. The lowest BCUT2D eigenvalue weighted by molar-refractivity contribution is -0.277. The quantitative estimate of drug-likeness (QED) is 0.370. The molecule has 170 valence electrons. The zero-order chi connectivity index (χ0) is 23.0. The van der Waals surface area contributed by atoms with Gasteiger partial charge in [-0.15, -0.1) is 0 Å². The Morgan fingerprint density at radius 2 is 1.72 bits per heavy atom. The van der Waals surface area contributed by atoms with Crippen LogP contribution in [-0.4, -0.2) is 70.0 Å². The molecule has 0 unspecified atom stereocenters. The van der Waals surface area contributed by atoms with E-state index in [1.54, 1.807) is 12.1 Å². The minimum absolute atomic E-state index is 0.0185. The van der Waals surface area contributed by atoms with Crippen molar-refractivity contribution in [1.82, 2.24) is 0 Å². The minimum Gasteiger partial charge on any atom is -0.507 e. The molecule has 5 atom stereocenters. The van der Waals surface area contributed by atoms with Gasteiger partial charge in [-0.2, -0.15) is 0 Å². The van der Waals surface area contributed by atoms with Crippen molar-refractivity contribution in [2.75, 3.05) is 13.7 Å². The Morgan fingerprint density at radius 3 is 2.38 bits per heavy atom. The van der Waals surface area contributed by atoms with Gasteiger partial charge in [0.2, 0.25) is 11.7 Å². The van der Waals surface area contributed by atoms with E-state index >= 15 is 0 Å². The molecule has 0 spiro atoms. The summed E-state index contributed by atoms with van der Waals surface area (Å²) < 4.78 is 21.4. The van der Waals surface area contributed by atoms with Crippen molar-refractivity contribution < 1.29 is 44.2 Å². The summed E-state index contributed by atoms with van der Waals surface area (Å²) >= 11 is 0. The molecule has 10 heteroatoms. The lowest BCUT2D eigenvalue weighted by Gasteiger charge is -2.39. The standard InChI is InChI=1S/C22H22O10/c1-29-12-6-14(24)17-15(7-12)30-9-13(18(17)25)10-2-4-11(5-3-10)31-22-21(28)20(27)19(26)16(8-23)32-22/h2-7,9,16,19-24,26-28H,8H2,1H3/t16-,19-,20-,21-,22-/m0/s1. The fraction of sp³-hybridized carbons (Fsp3) is 0.318. The molecule has 0 saturated carbocycles. The number of aromatic hydroxyl groups is 1. The average molecular weight is 446 g/mol. The predicted molar refractivity (Wildman–Crippen MR) is 111 cm³/mol. The largest absolute Gasteiger partial charge is 0.507 e. The van der Waals surface area contributed by atoms with Crippen LogP contribution in [0.4, 0.5) is 0 Å². The molecule has 0 bridgehead atoms. The van der Waals surface area contributed by atoms with Crippen LogP contribution < -0.4 is 14.9 Å². The Balaban J connectivity index is 1.59. The second-order valence-electron chi connectivity index (χ2n) is 7.34. The number of fused-ring (bicyclic) bond motifs is 1. The van der Waals surface area contributed by atoms with Gasteiger partial charge in [0.25, 0.3) is 0 Å². The normalized spacial score (nSPS) is 25.6. The van der Waals surface area contributed by atoms with E-state index in [-0.39, 0.29) is 28.0 Å². The van der Waals surface area contributed by atoms with Gasteiger partial charge in [-0.3, -0.25) is 4.79 Å². The summed E-state index contributed by atoms with van der Waals surface area (Å²) in [7, 11) is 1.43. The van der Waals surface area contributed by atoms with Crippen molar-refractivity contribution >= 4 is 11.0 Å². The van der Waals surface area contributed by atoms with Crippen LogP contribution in [0.3, 0.4) is 0 Å². The van der Waals surface area contributed by atoms with Crippen molar-refractivity contribution in [3.8, 4) is 28.4 Å². The van der Waals surface area contributed by atoms with Crippen molar-refractivity contribution in [3.63, 3.8) is 0 Å². The summed E-state index contributed by atoms with van der Waals surface area (Å²) in [5.74, 6) is 0.328. The second kappa shape index (κ2) is 8.77. The number of hydrogen-bond acceptors (Lipinski definition) is 10. The van der Waals surface area contributed by atoms with E-state index in [4.69, 9.17) is 18.6 Å². The predicted octanol–water partition coefficient (Wildman–Crippen LogP) is 0.353. The van der Waals surface area contributed by atoms with Gasteiger partial charge in [0.1, 0.15) is 58.9 Å². The highest BCUT2D eigenvalue weighted by Gasteiger charge is 2.44. The molecule has 1 saturated heterocycles. The van der Waals surface area contributed by atoms with Crippen LogP contribution in [-0.2, 0) is 4.74 Å². The van der Waals surface area contributed by atoms with Crippen LogP contribution in [0.25, 0.3) is 22.1 Å². The Kier molecular flexibility index (Phi) is 6.04. The van der Waals surface area contributed by atoms with Gasteiger partial charge in [0.15, 0.2) is 0 Å². The first-order chi connectivity index (χ1) is 15.3. The second-order valence-corrected chi connectivity index (χ2v) is 7.34. The Hall–Kier alpha value is -3.15. The Bertz CT molecular complexity index is 1150. The van der Waals surface area contributed by atoms with Crippen molar-refractivity contribution in [3.05, 3.63) is 52.9 Å². The van der Waals surface area contributed by atoms with E-state index in [0.717, 1.165) is 0 Å². The molecule has 5 N–H and O–H groups in total. The monoisotopic (exact) mass is 446 g/mol. The fourth-order valence-corrected chi connectivity index (χ4v) is 3.54. The number of rotatable bonds is 5. The molecule has 2 heterocycles. The topological polar surface area (TPSA) is 159 Å². The maximum Gasteiger partial charge on any atom is 0.229 e. The van der Waals surface area contributed by atoms with Crippen LogP contribution in [0.5, 0.6) is 17.2 Å². The van der Waals surface area contributed by atoms with Gasteiger partial charge >= 0.3 is 0 Å². The number of phenols is 1. The van der Waals surface area contributed by atoms with Gasteiger partial charge in [0.05, 0.1) is 19.3 Å². The number of ether oxygens (including phenoxy) is 3. The van der Waals surface area contributed by atoms with E-state index in [9.17, 15) is 30.3 Å². The van der Waals surface area contributed by atoms with E-state index in [1.807, 2.05) is 0 Å². The number of phenolic OH excluding ortho intramolecular Hbond substituents is 1. The molecule has 0 aliphatic carbocycles. The number of aliphatic hydroxyl groups excluding tert-OH is 4. The summed E-state index contributed by atoms with van der Waals surface area (Å²) in [4.78, 5) is 12.9. The highest BCUT2D eigenvalue weighted by atomic mass is 16.7. The first kappa shape index (κ1) is 22.1. The van der Waals surface area contributed by atoms with E-state index < -0.39 is 42.7 Å². The third-order valence-electron chi connectivity index (χ3n) is 5.33. The maximum absolute atomic E-state index is 12.9. The highest BCUT2D eigenvalue weighted by Crippen LogP contribution is 2.31. The Labute approximate surface area is 181 Å². The van der Waals surface area contributed by atoms with Crippen LogP contribution in [0, 0.1) is 0 Å². The molecule has 1 aromatic heterocycles. The molecule has 4 rings (SSSR count). The van der Waals surface area contributed by atoms with Crippen LogP contribution in [0.1, 0.15) is 0 Å². The third kappa shape index (κ3) is 3.90. The summed E-state index contributed by atoms with van der Waals surface area (Å²) in [6, 6.07) is 8.97. The first-order valence-corrected chi connectivity index (χ1v) is 9.74. The zero-order valence-corrected chi connectivity index (χ0v) is 16.9. The summed E-state index contributed by atoms with van der Waals surface area (Å²) in [6.07, 6.45) is -5.73. The molecular weight excluding hydrogens is 424 g/mol. The third-order valence-corrected chi connectivity index (χ3v) is 5.33. The molecular formula is C22H22O10. The van der Waals surface area contributed by atoms with E-state index in [2.05, 4.69) is 0 Å². The van der Waals surface area contributed by atoms with Gasteiger partial charge in [0, 0.05) is 12.1 Å². The van der Waals surface area contributed by atoms with E-state index in [0.29, 0.717) is 11.3 Å². The highest BCUT2D eigenvalue weighted by molar-refractivity contribution is 5.88. The molecule has 1 fully saturated rings. The molecule has 2 aromatic carbocycles. The van der Waals surface area contributed by atoms with Gasteiger partial charge in [-0.25, -0.2) is 0 Å². The van der Waals surface area contributed by atoms with Crippen molar-refractivity contribution in [2.24, 2.45) is 0 Å². The van der Waals surface area contributed by atoms with Gasteiger partial charge in [-0.05, 0) is 17.7 Å². The summed E-state index contributed by atoms with van der Waals surface area (Å²) in [6.45, 7) is -0.569. The number of benzene rings is 2. The molecule has 0 radical (unpaired) electrons. The number of aliphatic hydroxyl groups is 4. The molecule has 3 aromatic rings. The summed E-state index contributed by atoms with van der Waals surface area (Å²) in [5, 5.41) is 49.3. The summed E-state index contributed by atoms with van der Waals surface area (Å²) in [5.41, 5.74) is 0.432. The van der Waals surface area contributed by atoms with Gasteiger partial charge in [-0.1, -0.05) is 12.1 Å². The Morgan fingerprint density at radius 1 is 1.00 bits per heavy atom. The zero-order valence-electron chi connectivity index (χ0n) is 16.9.